The zero-order valence-corrected chi connectivity index (χ0v) is 11.2. The Morgan fingerprint density at radius 1 is 1.20 bits per heavy atom. The minimum atomic E-state index is -0.103. The summed E-state index contributed by atoms with van der Waals surface area (Å²) in [5, 5.41) is 3.65. The van der Waals surface area contributed by atoms with Crippen molar-refractivity contribution in [3.8, 4) is 0 Å². The molecule has 1 aliphatic heterocycles. The molecule has 3 rings (SSSR count). The highest BCUT2D eigenvalue weighted by Crippen LogP contribution is 2.14. The van der Waals surface area contributed by atoms with Gasteiger partial charge in [0, 0.05) is 44.1 Å². The molecule has 7 nitrogen and oxygen atoms in total. The zero-order valence-electron chi connectivity index (χ0n) is 11.2. The van der Waals surface area contributed by atoms with E-state index in [0.717, 1.165) is 5.56 Å². The van der Waals surface area contributed by atoms with E-state index in [1.54, 1.807) is 29.6 Å². The first-order valence-corrected chi connectivity index (χ1v) is 6.48. The lowest BCUT2D eigenvalue weighted by Gasteiger charge is -2.34. The van der Waals surface area contributed by atoms with E-state index in [1.807, 2.05) is 6.92 Å². The highest BCUT2D eigenvalue weighted by atomic mass is 16.5. The summed E-state index contributed by atoms with van der Waals surface area (Å²) in [5.74, 6) is 0.929. The fourth-order valence-corrected chi connectivity index (χ4v) is 2.20. The first-order chi connectivity index (χ1) is 9.75. The van der Waals surface area contributed by atoms with E-state index in [2.05, 4.69) is 20.0 Å². The Morgan fingerprint density at radius 3 is 2.50 bits per heavy atom. The van der Waals surface area contributed by atoms with Gasteiger partial charge in [-0.15, -0.1) is 0 Å². The van der Waals surface area contributed by atoms with Crippen molar-refractivity contribution in [2.45, 2.75) is 6.92 Å². The maximum atomic E-state index is 12.3. The van der Waals surface area contributed by atoms with Gasteiger partial charge in [-0.1, -0.05) is 5.16 Å². The smallest absolute Gasteiger partial charge is 0.292 e. The molecular formula is C13H15N5O2. The minimum absolute atomic E-state index is 0.103. The van der Waals surface area contributed by atoms with E-state index in [1.165, 1.54) is 0 Å². The van der Waals surface area contributed by atoms with Crippen LogP contribution in [0.3, 0.4) is 0 Å². The zero-order chi connectivity index (χ0) is 13.9. The van der Waals surface area contributed by atoms with E-state index in [4.69, 9.17) is 4.52 Å². The summed E-state index contributed by atoms with van der Waals surface area (Å²) in [6, 6.07) is 1.79. The Balaban J connectivity index is 1.64. The molecular weight excluding hydrogens is 258 g/mol. The second kappa shape index (κ2) is 5.28. The molecule has 0 aliphatic carbocycles. The fourth-order valence-electron chi connectivity index (χ4n) is 2.20. The second-order valence-electron chi connectivity index (χ2n) is 4.67. The molecule has 2 aromatic heterocycles. The molecule has 1 amide bonds. The third-order valence-corrected chi connectivity index (χ3v) is 3.34. The van der Waals surface area contributed by atoms with Crippen molar-refractivity contribution in [3.63, 3.8) is 0 Å². The number of nitrogens with zero attached hydrogens (tertiary/aromatic N) is 5. The standard InChI is InChI=1S/C13H15N5O2/c1-10-9-16-20-11(10)12(19)17-5-7-18(8-6-17)13-14-3-2-4-15-13/h2-4,9H,5-8H2,1H3. The first kappa shape index (κ1) is 12.6. The minimum Gasteiger partial charge on any atom is -0.351 e. The topological polar surface area (TPSA) is 75.4 Å². The molecule has 3 heterocycles. The number of carbonyl (C=O) groups excluding carboxylic acids is 1. The lowest BCUT2D eigenvalue weighted by atomic mass is 10.2. The van der Waals surface area contributed by atoms with Crippen LogP contribution in [0.2, 0.25) is 0 Å². The van der Waals surface area contributed by atoms with Gasteiger partial charge in [0.15, 0.2) is 0 Å². The van der Waals surface area contributed by atoms with Crippen molar-refractivity contribution in [1.29, 1.82) is 0 Å². The van der Waals surface area contributed by atoms with E-state index in [9.17, 15) is 4.79 Å². The van der Waals surface area contributed by atoms with Crippen molar-refractivity contribution in [2.75, 3.05) is 31.1 Å². The van der Waals surface area contributed by atoms with Gasteiger partial charge < -0.3 is 14.3 Å². The van der Waals surface area contributed by atoms with Crippen LogP contribution in [0.15, 0.2) is 29.2 Å². The Kier molecular flexibility index (Phi) is 3.32. The van der Waals surface area contributed by atoms with Gasteiger partial charge in [0.05, 0.1) is 6.20 Å². The molecule has 0 bridgehead atoms. The predicted octanol–water partition coefficient (Wildman–Crippen LogP) is 0.735. The predicted molar refractivity (Wildman–Crippen MR) is 71.4 cm³/mol. The highest BCUT2D eigenvalue weighted by molar-refractivity contribution is 5.92. The third-order valence-electron chi connectivity index (χ3n) is 3.34. The first-order valence-electron chi connectivity index (χ1n) is 6.48. The number of amides is 1. The lowest BCUT2D eigenvalue weighted by molar-refractivity contribution is 0.0703. The summed E-state index contributed by atoms with van der Waals surface area (Å²) in [5.41, 5.74) is 0.767. The molecule has 0 aromatic carbocycles. The Bertz CT molecular complexity index is 590. The van der Waals surface area contributed by atoms with Crippen molar-refractivity contribution in [1.82, 2.24) is 20.0 Å². The van der Waals surface area contributed by atoms with Crippen molar-refractivity contribution in [3.05, 3.63) is 36.0 Å². The normalized spacial score (nSPS) is 15.4. The fraction of sp³-hybridized carbons (Fsp3) is 0.385. The quantitative estimate of drug-likeness (QED) is 0.803. The van der Waals surface area contributed by atoms with Crippen LogP contribution < -0.4 is 4.90 Å². The molecule has 2 aromatic rings. The molecule has 1 saturated heterocycles. The van der Waals surface area contributed by atoms with Gasteiger partial charge in [0.25, 0.3) is 5.91 Å². The molecule has 0 atom stereocenters. The van der Waals surface area contributed by atoms with Crippen LogP contribution in [0.1, 0.15) is 16.1 Å². The number of hydrogen-bond acceptors (Lipinski definition) is 6. The monoisotopic (exact) mass is 273 g/mol. The number of rotatable bonds is 2. The molecule has 0 saturated carbocycles. The van der Waals surface area contributed by atoms with Crippen LogP contribution >= 0.6 is 0 Å². The number of piperazine rings is 1. The summed E-state index contributed by atoms with van der Waals surface area (Å²) in [6.45, 7) is 4.48. The Labute approximate surface area is 116 Å². The van der Waals surface area contributed by atoms with Gasteiger partial charge in [0.1, 0.15) is 0 Å². The molecule has 0 unspecified atom stereocenters. The van der Waals surface area contributed by atoms with E-state index >= 15 is 0 Å². The SMILES string of the molecule is Cc1cnoc1C(=O)N1CCN(c2ncccn2)CC1. The van der Waals surface area contributed by atoms with Crippen LogP contribution in [-0.2, 0) is 0 Å². The maximum Gasteiger partial charge on any atom is 0.292 e. The molecule has 1 aliphatic rings. The summed E-state index contributed by atoms with van der Waals surface area (Å²) >= 11 is 0. The van der Waals surface area contributed by atoms with Crippen LogP contribution in [0.25, 0.3) is 0 Å². The molecule has 104 valence electrons. The maximum absolute atomic E-state index is 12.3. The number of aryl methyl sites for hydroxylation is 1. The summed E-state index contributed by atoms with van der Waals surface area (Å²) in [6.07, 6.45) is 5.00. The van der Waals surface area contributed by atoms with Crippen LogP contribution in [0.4, 0.5) is 5.95 Å². The molecule has 0 spiro atoms. The van der Waals surface area contributed by atoms with Crippen LogP contribution in [0.5, 0.6) is 0 Å². The Morgan fingerprint density at radius 2 is 1.90 bits per heavy atom. The number of carbonyl (C=O) groups is 1. The number of hydrogen-bond donors (Lipinski definition) is 0. The summed E-state index contributed by atoms with van der Waals surface area (Å²) < 4.78 is 5.01. The number of anilines is 1. The molecule has 0 radical (unpaired) electrons. The van der Waals surface area contributed by atoms with Gasteiger partial charge in [-0.05, 0) is 13.0 Å². The molecule has 7 heteroatoms. The Hall–Kier alpha value is -2.44. The third kappa shape index (κ3) is 2.34. The van der Waals surface area contributed by atoms with Gasteiger partial charge in [-0.2, -0.15) is 0 Å². The van der Waals surface area contributed by atoms with E-state index < -0.39 is 0 Å². The summed E-state index contributed by atoms with van der Waals surface area (Å²) in [4.78, 5) is 24.5. The lowest BCUT2D eigenvalue weighted by Crippen LogP contribution is -2.49. The van der Waals surface area contributed by atoms with E-state index in [-0.39, 0.29) is 5.91 Å². The van der Waals surface area contributed by atoms with Gasteiger partial charge in [0.2, 0.25) is 11.7 Å². The second-order valence-corrected chi connectivity index (χ2v) is 4.67. The van der Waals surface area contributed by atoms with Crippen LogP contribution in [0, 0.1) is 6.92 Å². The molecule has 0 N–H and O–H groups in total. The van der Waals surface area contributed by atoms with Crippen molar-refractivity contribution < 1.29 is 9.32 Å². The van der Waals surface area contributed by atoms with Crippen molar-refractivity contribution >= 4 is 11.9 Å². The van der Waals surface area contributed by atoms with Crippen LogP contribution in [-0.4, -0.2) is 52.1 Å². The van der Waals surface area contributed by atoms with Gasteiger partial charge in [-0.25, -0.2) is 9.97 Å². The highest BCUT2D eigenvalue weighted by Gasteiger charge is 2.26. The average Bonchev–Trinajstić information content (AvgIpc) is 2.94. The molecule has 20 heavy (non-hydrogen) atoms. The van der Waals surface area contributed by atoms with Gasteiger partial charge >= 0.3 is 0 Å². The number of aromatic nitrogens is 3. The largest absolute Gasteiger partial charge is 0.351 e. The van der Waals surface area contributed by atoms with Gasteiger partial charge in [-0.3, -0.25) is 4.79 Å². The summed E-state index contributed by atoms with van der Waals surface area (Å²) in [7, 11) is 0. The average molecular weight is 273 g/mol. The van der Waals surface area contributed by atoms with Crippen molar-refractivity contribution in [2.24, 2.45) is 0 Å². The molecule has 1 fully saturated rings. The van der Waals surface area contributed by atoms with E-state index in [0.29, 0.717) is 37.9 Å².